The maximum absolute atomic E-state index is 13.5. The summed E-state index contributed by atoms with van der Waals surface area (Å²) in [6, 6.07) is 1.76. The van der Waals surface area contributed by atoms with Gasteiger partial charge in [-0.25, -0.2) is 12.8 Å². The molecule has 1 rings (SSSR count). The third-order valence-corrected chi connectivity index (χ3v) is 4.65. The van der Waals surface area contributed by atoms with Crippen LogP contribution in [0.5, 0.6) is 0 Å². The predicted octanol–water partition coefficient (Wildman–Crippen LogP) is 3.37. The van der Waals surface area contributed by atoms with Gasteiger partial charge in [0.15, 0.2) is 0 Å². The van der Waals surface area contributed by atoms with Crippen LogP contribution in [0.4, 0.5) is 4.39 Å². The maximum atomic E-state index is 13.5. The summed E-state index contributed by atoms with van der Waals surface area (Å²) in [6.07, 6.45) is 2.77. The predicted molar refractivity (Wildman–Crippen MR) is 80.6 cm³/mol. The molecule has 7 heteroatoms. The van der Waals surface area contributed by atoms with E-state index in [-0.39, 0.29) is 22.1 Å². The van der Waals surface area contributed by atoms with Gasteiger partial charge in [-0.1, -0.05) is 19.8 Å². The van der Waals surface area contributed by atoms with Crippen molar-refractivity contribution in [2.24, 2.45) is 0 Å². The van der Waals surface area contributed by atoms with E-state index < -0.39 is 20.8 Å². The van der Waals surface area contributed by atoms with Crippen LogP contribution in [-0.4, -0.2) is 20.4 Å². The van der Waals surface area contributed by atoms with Crippen molar-refractivity contribution in [1.29, 1.82) is 0 Å². The summed E-state index contributed by atoms with van der Waals surface area (Å²) in [5.74, 6) is -1.32. The van der Waals surface area contributed by atoms with Crippen molar-refractivity contribution >= 4 is 25.6 Å². The third kappa shape index (κ3) is 4.97. The van der Waals surface area contributed by atoms with E-state index >= 15 is 0 Å². The highest BCUT2D eigenvalue weighted by Crippen LogP contribution is 2.24. The van der Waals surface area contributed by atoms with Crippen LogP contribution in [-0.2, 0) is 9.05 Å². The molecule has 0 aliphatic rings. The largest absolute Gasteiger partial charge is 0.350 e. The lowest BCUT2D eigenvalue weighted by Gasteiger charge is -2.15. The number of halogens is 2. The number of carbonyl (C=O) groups excluding carboxylic acids is 1. The minimum Gasteiger partial charge on any atom is -0.350 e. The first-order valence-corrected chi connectivity index (χ1v) is 9.03. The van der Waals surface area contributed by atoms with Crippen LogP contribution < -0.4 is 5.32 Å². The highest BCUT2D eigenvalue weighted by atomic mass is 35.7. The van der Waals surface area contributed by atoms with Gasteiger partial charge in [-0.3, -0.25) is 4.79 Å². The molecule has 1 atom stereocenters. The number of benzene rings is 1. The van der Waals surface area contributed by atoms with E-state index in [1.165, 1.54) is 6.92 Å². The number of amides is 1. The molecule has 0 aliphatic carbocycles. The van der Waals surface area contributed by atoms with Crippen molar-refractivity contribution in [3.8, 4) is 0 Å². The molecule has 0 saturated carbocycles. The Hall–Kier alpha value is -1.14. The molecule has 1 aromatic rings. The van der Waals surface area contributed by atoms with E-state index in [1.54, 1.807) is 0 Å². The van der Waals surface area contributed by atoms with Crippen LogP contribution >= 0.6 is 10.7 Å². The number of carbonyl (C=O) groups is 1. The molecule has 1 N–H and O–H groups in total. The SMILES string of the molecule is CCCCC(C)NC(=O)c1cc(F)cc(S(=O)(=O)Cl)c1C. The van der Waals surface area contributed by atoms with Crippen molar-refractivity contribution < 1.29 is 17.6 Å². The lowest BCUT2D eigenvalue weighted by atomic mass is 10.1. The van der Waals surface area contributed by atoms with E-state index in [0.29, 0.717) is 0 Å². The lowest BCUT2D eigenvalue weighted by Crippen LogP contribution is -2.33. The van der Waals surface area contributed by atoms with Gasteiger partial charge in [-0.15, -0.1) is 0 Å². The minimum absolute atomic E-state index is 0.0161. The second-order valence-corrected chi connectivity index (χ2v) is 7.57. The number of hydrogen-bond donors (Lipinski definition) is 1. The van der Waals surface area contributed by atoms with E-state index in [4.69, 9.17) is 10.7 Å². The first kappa shape index (κ1) is 17.9. The fraction of sp³-hybridized carbons (Fsp3) is 0.500. The first-order valence-electron chi connectivity index (χ1n) is 6.72. The standard InChI is InChI=1S/C14H19ClFNO3S/c1-4-5-6-9(2)17-14(18)12-7-11(16)8-13(10(12)3)21(15,19)20/h7-9H,4-6H2,1-3H3,(H,17,18). The average Bonchev–Trinajstić information content (AvgIpc) is 2.37. The van der Waals surface area contributed by atoms with Crippen LogP contribution in [0.1, 0.15) is 49.0 Å². The summed E-state index contributed by atoms with van der Waals surface area (Å²) in [4.78, 5) is 11.8. The Kier molecular flexibility index (Phi) is 6.16. The van der Waals surface area contributed by atoms with Gasteiger partial charge in [0.05, 0.1) is 4.90 Å². The molecule has 1 unspecified atom stereocenters. The topological polar surface area (TPSA) is 63.2 Å². The Bertz CT molecular complexity index is 631. The van der Waals surface area contributed by atoms with E-state index in [2.05, 4.69) is 5.32 Å². The van der Waals surface area contributed by atoms with Crippen LogP contribution in [0.25, 0.3) is 0 Å². The molecule has 0 spiro atoms. The van der Waals surface area contributed by atoms with Crippen molar-refractivity contribution in [3.05, 3.63) is 29.1 Å². The van der Waals surface area contributed by atoms with E-state index in [1.807, 2.05) is 13.8 Å². The molecule has 0 saturated heterocycles. The van der Waals surface area contributed by atoms with Gasteiger partial charge < -0.3 is 5.32 Å². The van der Waals surface area contributed by atoms with Gasteiger partial charge in [0.2, 0.25) is 0 Å². The zero-order chi connectivity index (χ0) is 16.2. The van der Waals surface area contributed by atoms with Gasteiger partial charge in [-0.2, -0.15) is 0 Å². The van der Waals surface area contributed by atoms with Crippen LogP contribution in [0, 0.1) is 12.7 Å². The molecule has 0 bridgehead atoms. The zero-order valence-electron chi connectivity index (χ0n) is 12.2. The molecule has 118 valence electrons. The Morgan fingerprint density at radius 1 is 1.43 bits per heavy atom. The van der Waals surface area contributed by atoms with Crippen molar-refractivity contribution in [2.45, 2.75) is 51.0 Å². The minimum atomic E-state index is -4.10. The molecule has 0 fully saturated rings. The van der Waals surface area contributed by atoms with Gasteiger partial charge in [0.25, 0.3) is 15.0 Å². The second kappa shape index (κ2) is 7.22. The third-order valence-electron chi connectivity index (χ3n) is 3.20. The Morgan fingerprint density at radius 3 is 2.57 bits per heavy atom. The number of rotatable bonds is 6. The first-order chi connectivity index (χ1) is 9.66. The summed E-state index contributed by atoms with van der Waals surface area (Å²) in [6.45, 7) is 5.32. The monoisotopic (exact) mass is 335 g/mol. The summed E-state index contributed by atoms with van der Waals surface area (Å²) >= 11 is 0. The van der Waals surface area contributed by atoms with Gasteiger partial charge in [0, 0.05) is 22.3 Å². The molecule has 0 aliphatic heterocycles. The summed E-state index contributed by atoms with van der Waals surface area (Å²) < 4.78 is 36.4. The van der Waals surface area contributed by atoms with Crippen LogP contribution in [0.2, 0.25) is 0 Å². The van der Waals surface area contributed by atoms with Gasteiger partial charge in [0.1, 0.15) is 5.82 Å². The maximum Gasteiger partial charge on any atom is 0.261 e. The Morgan fingerprint density at radius 2 is 2.05 bits per heavy atom. The molecule has 0 aromatic heterocycles. The second-order valence-electron chi connectivity index (χ2n) is 5.03. The summed E-state index contributed by atoms with van der Waals surface area (Å²) in [7, 11) is 1.16. The fourth-order valence-electron chi connectivity index (χ4n) is 2.03. The Labute approximate surface area is 129 Å². The fourth-order valence-corrected chi connectivity index (χ4v) is 3.24. The quantitative estimate of drug-likeness (QED) is 0.811. The molecule has 4 nitrogen and oxygen atoms in total. The zero-order valence-corrected chi connectivity index (χ0v) is 13.8. The molecule has 0 heterocycles. The molecule has 1 amide bonds. The molecule has 1 aromatic carbocycles. The summed E-state index contributed by atoms with van der Waals surface area (Å²) in [5, 5.41) is 2.73. The van der Waals surface area contributed by atoms with E-state index in [0.717, 1.165) is 31.4 Å². The normalized spacial score (nSPS) is 13.0. The van der Waals surface area contributed by atoms with Gasteiger partial charge >= 0.3 is 0 Å². The number of unbranched alkanes of at least 4 members (excludes halogenated alkanes) is 1. The van der Waals surface area contributed by atoms with Crippen molar-refractivity contribution in [3.63, 3.8) is 0 Å². The lowest BCUT2D eigenvalue weighted by molar-refractivity contribution is 0.0936. The molecule has 0 radical (unpaired) electrons. The summed E-state index contributed by atoms with van der Waals surface area (Å²) in [5.41, 5.74) is 0.129. The Balaban J connectivity index is 3.08. The number of nitrogens with one attached hydrogen (secondary N) is 1. The van der Waals surface area contributed by atoms with Crippen molar-refractivity contribution in [2.75, 3.05) is 0 Å². The molecular weight excluding hydrogens is 317 g/mol. The highest BCUT2D eigenvalue weighted by Gasteiger charge is 2.21. The molecule has 21 heavy (non-hydrogen) atoms. The van der Waals surface area contributed by atoms with Gasteiger partial charge in [-0.05, 0) is 38.0 Å². The van der Waals surface area contributed by atoms with E-state index in [9.17, 15) is 17.6 Å². The number of hydrogen-bond acceptors (Lipinski definition) is 3. The van der Waals surface area contributed by atoms with Crippen LogP contribution in [0.15, 0.2) is 17.0 Å². The van der Waals surface area contributed by atoms with Crippen molar-refractivity contribution in [1.82, 2.24) is 5.32 Å². The molecular formula is C14H19ClFNO3S. The smallest absolute Gasteiger partial charge is 0.261 e. The average molecular weight is 336 g/mol. The van der Waals surface area contributed by atoms with Crippen LogP contribution in [0.3, 0.4) is 0 Å². The highest BCUT2D eigenvalue weighted by molar-refractivity contribution is 8.13.